The van der Waals surface area contributed by atoms with Crippen LogP contribution in [0.3, 0.4) is 0 Å². The summed E-state index contributed by atoms with van der Waals surface area (Å²) in [7, 11) is 13.7. The molecule has 0 aliphatic carbocycles. The molecule has 4 aliphatic heterocycles. The number of hydrogen-bond donors (Lipinski definition) is 3. The van der Waals surface area contributed by atoms with Gasteiger partial charge in [-0.3, -0.25) is 18.2 Å². The van der Waals surface area contributed by atoms with Crippen LogP contribution in [-0.4, -0.2) is 187 Å². The standard InChI is InChI=1S/C24H42B7O18P4/c1-12-23(19(11-42-53(36,37)38)46-24(12)31(28)29)49-52(4,35)41-10-18-15(7-22(30-27)45-18)48-51(3,34)40-9-17-14(6-21(26)44-17)47-50(2,33)39-8-16-13(32)5-20(25)43-16/h12-24,32H,5-11H2,1-4H3,(H2,36,37,38). The van der Waals surface area contributed by atoms with Crippen molar-refractivity contribution >= 4 is 83.2 Å². The van der Waals surface area contributed by atoms with Crippen LogP contribution in [0.2, 0.25) is 0 Å². The van der Waals surface area contributed by atoms with E-state index >= 15 is 0 Å². The number of hydrogen-bond acceptors (Lipinski definition) is 16. The lowest BCUT2D eigenvalue weighted by Gasteiger charge is -2.28. The van der Waals surface area contributed by atoms with Crippen LogP contribution < -0.4 is 0 Å². The van der Waals surface area contributed by atoms with Crippen molar-refractivity contribution in [2.75, 3.05) is 46.4 Å². The molecule has 4 saturated heterocycles. The molecular formula is C24H42B7O18P4. The summed E-state index contributed by atoms with van der Waals surface area (Å²) in [5.41, 5.74) is 0. The molecule has 53 heavy (non-hydrogen) atoms. The number of phosphoric ester groups is 1. The summed E-state index contributed by atoms with van der Waals surface area (Å²) >= 11 is 0. The van der Waals surface area contributed by atoms with Crippen molar-refractivity contribution in [2.45, 2.75) is 99.0 Å². The highest BCUT2D eigenvalue weighted by Gasteiger charge is 2.48. The second-order valence-electron chi connectivity index (χ2n) is 13.5. The fourth-order valence-corrected chi connectivity index (χ4v) is 10.3. The van der Waals surface area contributed by atoms with Crippen LogP contribution >= 0.6 is 30.6 Å². The summed E-state index contributed by atoms with van der Waals surface area (Å²) in [5.74, 6) is -0.587. The van der Waals surface area contributed by atoms with Gasteiger partial charge in [0.2, 0.25) is 0 Å². The molecule has 4 heterocycles. The van der Waals surface area contributed by atoms with Crippen molar-refractivity contribution in [3.05, 3.63) is 0 Å². The number of aliphatic hydroxyl groups excluding tert-OH is 1. The van der Waals surface area contributed by atoms with Crippen molar-refractivity contribution in [1.82, 2.24) is 0 Å². The van der Waals surface area contributed by atoms with Gasteiger partial charge in [-0.15, -0.1) is 0 Å². The van der Waals surface area contributed by atoms with Gasteiger partial charge in [-0.2, -0.15) is 0 Å². The van der Waals surface area contributed by atoms with Crippen molar-refractivity contribution in [3.63, 3.8) is 0 Å². The molecule has 18 nitrogen and oxygen atoms in total. The zero-order valence-electron chi connectivity index (χ0n) is 29.8. The lowest BCUT2D eigenvalue weighted by molar-refractivity contribution is -0.0214. The van der Waals surface area contributed by atoms with Crippen LogP contribution in [0.15, 0.2) is 0 Å². The van der Waals surface area contributed by atoms with Gasteiger partial charge in [0.15, 0.2) is 0 Å². The number of rotatable bonds is 20. The number of ether oxygens (including phenoxy) is 4. The van der Waals surface area contributed by atoms with E-state index in [1.165, 1.54) is 27.2 Å². The van der Waals surface area contributed by atoms with E-state index in [1.807, 2.05) is 0 Å². The normalized spacial score (nSPS) is 39.7. The van der Waals surface area contributed by atoms with E-state index in [4.69, 9.17) is 94.8 Å². The van der Waals surface area contributed by atoms with Crippen LogP contribution in [0.1, 0.15) is 26.2 Å². The van der Waals surface area contributed by atoms with Crippen LogP contribution in [0, 0.1) is 5.92 Å². The van der Waals surface area contributed by atoms with Crippen LogP contribution in [-0.2, 0) is 68.9 Å². The Balaban J connectivity index is 1.31. The van der Waals surface area contributed by atoms with Crippen LogP contribution in [0.25, 0.3) is 0 Å². The third kappa shape index (κ3) is 14.3. The predicted octanol–water partition coefficient (Wildman–Crippen LogP) is -0.632. The zero-order valence-corrected chi connectivity index (χ0v) is 33.3. The molecule has 4 fully saturated rings. The third-order valence-electron chi connectivity index (χ3n) is 8.83. The monoisotopic (exact) mass is 819 g/mol. The highest BCUT2D eigenvalue weighted by Crippen LogP contribution is 2.53. The molecule has 0 aromatic heterocycles. The largest absolute Gasteiger partial charge is 0.469 e. The Kier molecular flexibility index (Phi) is 16.9. The van der Waals surface area contributed by atoms with Gasteiger partial charge in [0, 0.05) is 73.1 Å². The first-order valence-corrected chi connectivity index (χ1v) is 24.2. The molecule has 16 atom stereocenters. The molecule has 29 heteroatoms. The minimum absolute atomic E-state index is 0.115. The summed E-state index contributed by atoms with van der Waals surface area (Å²) in [6.07, 6.45) is -7.07. The highest BCUT2D eigenvalue weighted by molar-refractivity contribution is 7.53. The van der Waals surface area contributed by atoms with E-state index in [1.54, 1.807) is 6.92 Å². The molecule has 0 aromatic carbocycles. The first kappa shape index (κ1) is 46.5. The average Bonchev–Trinajstić information content (AvgIpc) is 3.76. The topological polar surface area (TPSA) is 230 Å². The summed E-state index contributed by atoms with van der Waals surface area (Å²) in [6.45, 7) is 2.71. The van der Waals surface area contributed by atoms with Gasteiger partial charge in [-0.25, -0.2) is 4.57 Å². The Morgan fingerprint density at radius 1 is 0.698 bits per heavy atom. The Labute approximate surface area is 317 Å². The smallest absolute Gasteiger partial charge is 0.390 e. The highest BCUT2D eigenvalue weighted by atomic mass is 31.2. The van der Waals surface area contributed by atoms with Crippen molar-refractivity contribution in [1.29, 1.82) is 0 Å². The van der Waals surface area contributed by atoms with Gasteiger partial charge in [-0.05, 0) is 19.3 Å². The van der Waals surface area contributed by atoms with Crippen molar-refractivity contribution < 1.29 is 83.8 Å². The van der Waals surface area contributed by atoms with E-state index < -0.39 is 122 Å². The first-order valence-electron chi connectivity index (χ1n) is 16.7. The van der Waals surface area contributed by atoms with Gasteiger partial charge >= 0.3 is 30.6 Å². The summed E-state index contributed by atoms with van der Waals surface area (Å²) in [6, 6.07) is -2.96. The molecule has 3 N–H and O–H groups in total. The fraction of sp³-hybridized carbons (Fsp3) is 1.00. The Hall–Kier alpha value is 0.815. The maximum absolute atomic E-state index is 13.6. The zero-order chi connectivity index (χ0) is 39.5. The molecule has 287 valence electrons. The van der Waals surface area contributed by atoms with Gasteiger partial charge in [-0.1, -0.05) is 6.92 Å². The van der Waals surface area contributed by atoms with Crippen molar-refractivity contribution in [3.8, 4) is 0 Å². The lowest BCUT2D eigenvalue weighted by Crippen LogP contribution is -2.38. The number of aliphatic hydroxyl groups is 1. The predicted molar refractivity (Wildman–Crippen MR) is 195 cm³/mol. The van der Waals surface area contributed by atoms with E-state index in [-0.39, 0.29) is 39.1 Å². The van der Waals surface area contributed by atoms with Gasteiger partial charge in [0.25, 0.3) is 0 Å². The molecule has 4 rings (SSSR count). The van der Waals surface area contributed by atoms with Crippen LogP contribution in [0.5, 0.6) is 0 Å². The minimum atomic E-state index is -4.88. The quantitative estimate of drug-likeness (QED) is 0.103. The van der Waals surface area contributed by atoms with E-state index in [9.17, 15) is 23.4 Å². The summed E-state index contributed by atoms with van der Waals surface area (Å²) in [4.78, 5) is 18.3. The van der Waals surface area contributed by atoms with Crippen molar-refractivity contribution in [2.24, 2.45) is 5.92 Å². The maximum atomic E-state index is 13.6. The summed E-state index contributed by atoms with van der Waals surface area (Å²) in [5, 5.41) is 10.0. The molecule has 4 aliphatic rings. The minimum Gasteiger partial charge on any atom is -0.390 e. The average molecular weight is 818 g/mol. The second kappa shape index (κ2) is 19.3. The second-order valence-corrected chi connectivity index (χ2v) is 20.8. The molecule has 0 bridgehead atoms. The van der Waals surface area contributed by atoms with E-state index in [0.29, 0.717) is 0 Å². The molecule has 0 saturated carbocycles. The third-order valence-corrected chi connectivity index (χ3v) is 13.1. The fourth-order valence-electron chi connectivity index (χ4n) is 6.32. The first-order chi connectivity index (χ1) is 24.5. The Morgan fingerprint density at radius 3 is 1.68 bits per heavy atom. The van der Waals surface area contributed by atoms with Gasteiger partial charge in [0.1, 0.15) is 40.1 Å². The molecule has 0 aromatic rings. The lowest BCUT2D eigenvalue weighted by atomic mass is 9.16. The molecule has 11 radical (unpaired) electrons. The van der Waals surface area contributed by atoms with E-state index in [0.717, 1.165) is 0 Å². The van der Waals surface area contributed by atoms with Gasteiger partial charge in [0.05, 0.1) is 64.5 Å². The molecule has 16 unspecified atom stereocenters. The molecule has 0 amide bonds. The van der Waals surface area contributed by atoms with E-state index in [2.05, 4.69) is 4.52 Å². The SMILES string of the molecule is [B][B]C1CC(OP(C)(=O)OCC2OC([B])CC2OP(C)(=O)OCC2OC([B])CC2O)C(COP(C)(=O)OC2C(COP(=O)(O)O)OC(B([B])[B])C2C)O1. The van der Waals surface area contributed by atoms with Crippen LogP contribution in [0.4, 0.5) is 0 Å². The Morgan fingerprint density at radius 2 is 1.17 bits per heavy atom. The number of phosphoric acid groups is 1. The summed E-state index contributed by atoms with van der Waals surface area (Å²) < 4.78 is 113. The maximum Gasteiger partial charge on any atom is 0.469 e. The molecular weight excluding hydrogens is 776 g/mol. The molecule has 0 spiro atoms. The Bertz CT molecular complexity index is 1400. The van der Waals surface area contributed by atoms with Gasteiger partial charge < -0.3 is 61.0 Å².